The number of halogens is 3. The number of carbonyl (C=O) groups is 1. The lowest BCUT2D eigenvalue weighted by Gasteiger charge is -2.28. The molecule has 0 saturated carbocycles. The first-order valence-corrected chi connectivity index (χ1v) is 7.41. The number of amides is 1. The lowest BCUT2D eigenvalue weighted by molar-refractivity contribution is 0.0680. The Balaban J connectivity index is 0.00000147. The highest BCUT2D eigenvalue weighted by Gasteiger charge is 2.38. The summed E-state index contributed by atoms with van der Waals surface area (Å²) in [7, 11) is 0. The van der Waals surface area contributed by atoms with Crippen molar-refractivity contribution in [3.63, 3.8) is 0 Å². The highest BCUT2D eigenvalue weighted by atomic mass is 35.5. The monoisotopic (exact) mass is 334 g/mol. The minimum atomic E-state index is 0. The molecule has 1 amide bonds. The average molecular weight is 336 g/mol. The van der Waals surface area contributed by atoms with Crippen LogP contribution in [0.15, 0.2) is 18.2 Å². The third-order valence-electron chi connectivity index (χ3n) is 4.07. The Bertz CT molecular complexity index is 495. The number of carbonyl (C=O) groups excluding carboxylic acids is 1. The van der Waals surface area contributed by atoms with E-state index < -0.39 is 0 Å². The first-order chi connectivity index (χ1) is 9.18. The van der Waals surface area contributed by atoms with Crippen LogP contribution in [0, 0.1) is 0 Å². The molecule has 2 atom stereocenters. The first kappa shape index (κ1) is 15.9. The predicted octanol–water partition coefficient (Wildman–Crippen LogP) is 3.38. The summed E-state index contributed by atoms with van der Waals surface area (Å²) in [6.45, 7) is 1.86. The van der Waals surface area contributed by atoms with Crippen LogP contribution in [0.2, 0.25) is 10.0 Å². The molecule has 2 unspecified atom stereocenters. The van der Waals surface area contributed by atoms with E-state index in [4.69, 9.17) is 23.2 Å². The summed E-state index contributed by atoms with van der Waals surface area (Å²) < 4.78 is 0. The average Bonchev–Trinajstić information content (AvgIpc) is 2.65. The molecular formula is C14H17Cl3N2O. The summed E-state index contributed by atoms with van der Waals surface area (Å²) in [4.78, 5) is 14.8. The van der Waals surface area contributed by atoms with Gasteiger partial charge >= 0.3 is 0 Å². The van der Waals surface area contributed by atoms with Gasteiger partial charge < -0.3 is 10.2 Å². The minimum absolute atomic E-state index is 0. The quantitative estimate of drug-likeness (QED) is 0.853. The van der Waals surface area contributed by atoms with Crippen LogP contribution in [0.5, 0.6) is 0 Å². The number of benzene rings is 1. The summed E-state index contributed by atoms with van der Waals surface area (Å²) in [5.74, 6) is 0.0173. The smallest absolute Gasteiger partial charge is 0.255 e. The summed E-state index contributed by atoms with van der Waals surface area (Å²) >= 11 is 12.2. The summed E-state index contributed by atoms with van der Waals surface area (Å²) in [5.41, 5.74) is 0.521. The lowest BCUT2D eigenvalue weighted by atomic mass is 10.1. The van der Waals surface area contributed by atoms with Crippen LogP contribution in [0.25, 0.3) is 0 Å². The van der Waals surface area contributed by atoms with E-state index in [-0.39, 0.29) is 24.4 Å². The van der Waals surface area contributed by atoms with Crippen molar-refractivity contribution in [3.05, 3.63) is 33.8 Å². The second-order valence-electron chi connectivity index (χ2n) is 5.19. The molecular weight excluding hydrogens is 319 g/mol. The highest BCUT2D eigenvalue weighted by molar-refractivity contribution is 6.43. The molecule has 2 fully saturated rings. The van der Waals surface area contributed by atoms with E-state index in [1.54, 1.807) is 18.2 Å². The predicted molar refractivity (Wildman–Crippen MR) is 84.2 cm³/mol. The Labute approximate surface area is 135 Å². The molecule has 110 valence electrons. The molecule has 0 spiro atoms. The Morgan fingerprint density at radius 1 is 1.20 bits per heavy atom. The number of rotatable bonds is 1. The molecule has 1 aromatic rings. The highest BCUT2D eigenvalue weighted by Crippen LogP contribution is 2.33. The molecule has 1 aromatic carbocycles. The van der Waals surface area contributed by atoms with E-state index in [2.05, 4.69) is 5.32 Å². The van der Waals surface area contributed by atoms with Gasteiger partial charge in [-0.15, -0.1) is 12.4 Å². The van der Waals surface area contributed by atoms with Gasteiger partial charge in [0.2, 0.25) is 0 Å². The van der Waals surface area contributed by atoms with Crippen molar-refractivity contribution in [2.75, 3.05) is 13.1 Å². The number of hydrogen-bond acceptors (Lipinski definition) is 2. The van der Waals surface area contributed by atoms with Gasteiger partial charge in [-0.1, -0.05) is 29.3 Å². The maximum Gasteiger partial charge on any atom is 0.255 e. The van der Waals surface area contributed by atoms with Crippen LogP contribution in [-0.2, 0) is 0 Å². The van der Waals surface area contributed by atoms with Crippen molar-refractivity contribution >= 4 is 41.5 Å². The molecule has 2 saturated heterocycles. The Morgan fingerprint density at radius 2 is 1.95 bits per heavy atom. The second-order valence-corrected chi connectivity index (χ2v) is 5.98. The number of hydrogen-bond donors (Lipinski definition) is 1. The van der Waals surface area contributed by atoms with Gasteiger partial charge in [0.1, 0.15) is 0 Å². The van der Waals surface area contributed by atoms with Crippen molar-refractivity contribution in [2.24, 2.45) is 0 Å². The molecule has 0 aromatic heterocycles. The van der Waals surface area contributed by atoms with Gasteiger partial charge in [0.05, 0.1) is 15.6 Å². The van der Waals surface area contributed by atoms with Crippen LogP contribution in [-0.4, -0.2) is 36.0 Å². The maximum atomic E-state index is 12.7. The van der Waals surface area contributed by atoms with Gasteiger partial charge in [0, 0.05) is 18.6 Å². The van der Waals surface area contributed by atoms with E-state index in [1.165, 1.54) is 0 Å². The zero-order chi connectivity index (χ0) is 13.4. The van der Waals surface area contributed by atoms with E-state index in [1.807, 2.05) is 4.90 Å². The molecule has 2 aliphatic heterocycles. The number of fused-ring (bicyclic) bond motifs is 2. The fraction of sp³-hybridized carbons (Fsp3) is 0.500. The zero-order valence-corrected chi connectivity index (χ0v) is 13.3. The largest absolute Gasteiger partial charge is 0.331 e. The summed E-state index contributed by atoms with van der Waals surface area (Å²) in [6.07, 6.45) is 3.18. The molecule has 20 heavy (non-hydrogen) atoms. The molecule has 0 aliphatic carbocycles. The molecule has 3 nitrogen and oxygen atoms in total. The van der Waals surface area contributed by atoms with Crippen molar-refractivity contribution in [1.82, 2.24) is 10.2 Å². The molecule has 0 radical (unpaired) electrons. The summed E-state index contributed by atoms with van der Waals surface area (Å²) in [5, 5.41) is 4.19. The molecule has 6 heteroatoms. The van der Waals surface area contributed by atoms with Crippen LogP contribution >= 0.6 is 35.6 Å². The van der Waals surface area contributed by atoms with Gasteiger partial charge in [-0.25, -0.2) is 0 Å². The Hall–Kier alpha value is -0.480. The van der Waals surface area contributed by atoms with Crippen LogP contribution in [0.4, 0.5) is 0 Å². The Morgan fingerprint density at radius 3 is 2.75 bits per heavy atom. The van der Waals surface area contributed by atoms with Crippen molar-refractivity contribution in [2.45, 2.75) is 31.3 Å². The summed E-state index contributed by atoms with van der Waals surface area (Å²) in [6, 6.07) is 5.87. The standard InChI is InChI=1S/C14H16Cl2N2O.ClH/c15-12-3-1-2-11(13(12)16)14(19)18-9-4-5-10(18)8-17-7-6-9;/h1-3,9-10,17H,4-8H2;1H. The van der Waals surface area contributed by atoms with E-state index in [0.717, 1.165) is 32.4 Å². The fourth-order valence-corrected chi connectivity index (χ4v) is 3.50. The van der Waals surface area contributed by atoms with Crippen LogP contribution in [0.1, 0.15) is 29.6 Å². The van der Waals surface area contributed by atoms with Gasteiger partial charge in [-0.2, -0.15) is 0 Å². The maximum absolute atomic E-state index is 12.7. The van der Waals surface area contributed by atoms with Crippen molar-refractivity contribution < 1.29 is 4.79 Å². The molecule has 2 bridgehead atoms. The third kappa shape index (κ3) is 2.77. The van der Waals surface area contributed by atoms with E-state index in [9.17, 15) is 4.79 Å². The van der Waals surface area contributed by atoms with Gasteiger partial charge in [-0.3, -0.25) is 4.79 Å². The van der Waals surface area contributed by atoms with Crippen molar-refractivity contribution in [3.8, 4) is 0 Å². The van der Waals surface area contributed by atoms with Gasteiger partial charge in [-0.05, 0) is 37.9 Å². The van der Waals surface area contributed by atoms with E-state index >= 15 is 0 Å². The van der Waals surface area contributed by atoms with Gasteiger partial charge in [0.25, 0.3) is 5.91 Å². The molecule has 2 heterocycles. The molecule has 3 rings (SSSR count). The number of nitrogens with one attached hydrogen (secondary N) is 1. The number of nitrogens with zero attached hydrogens (tertiary/aromatic N) is 1. The first-order valence-electron chi connectivity index (χ1n) is 6.66. The Kier molecular flexibility index (Phi) is 5.19. The zero-order valence-electron chi connectivity index (χ0n) is 10.9. The van der Waals surface area contributed by atoms with Crippen LogP contribution in [0.3, 0.4) is 0 Å². The van der Waals surface area contributed by atoms with Crippen LogP contribution < -0.4 is 5.32 Å². The van der Waals surface area contributed by atoms with Crippen molar-refractivity contribution in [1.29, 1.82) is 0 Å². The van der Waals surface area contributed by atoms with Gasteiger partial charge in [0.15, 0.2) is 0 Å². The normalized spacial score (nSPS) is 25.0. The second kappa shape index (κ2) is 6.52. The fourth-order valence-electron chi connectivity index (χ4n) is 3.12. The lowest BCUT2D eigenvalue weighted by Crippen LogP contribution is -2.42. The molecule has 2 aliphatic rings. The third-order valence-corrected chi connectivity index (χ3v) is 4.89. The SMILES string of the molecule is Cl.O=C(c1cccc(Cl)c1Cl)N1C2CCNCC1CC2. The van der Waals surface area contributed by atoms with E-state index in [0.29, 0.717) is 21.7 Å². The minimum Gasteiger partial charge on any atom is -0.331 e. The molecule has 1 N–H and O–H groups in total. The topological polar surface area (TPSA) is 32.3 Å².